The largest absolute Gasteiger partial charge is 0.507 e. The molecule has 9 nitrogen and oxygen atoms in total. The first-order valence-electron chi connectivity index (χ1n) is 11.6. The Balaban J connectivity index is 1.21. The third kappa shape index (κ3) is 5.30. The van der Waals surface area contributed by atoms with Crippen LogP contribution < -0.4 is 10.1 Å². The quantitative estimate of drug-likeness (QED) is 0.259. The van der Waals surface area contributed by atoms with Gasteiger partial charge in [0.15, 0.2) is 5.82 Å². The molecule has 1 amide bonds. The maximum Gasteiger partial charge on any atom is 0.255 e. The van der Waals surface area contributed by atoms with Gasteiger partial charge in [-0.05, 0) is 71.7 Å². The topological polar surface area (TPSA) is 126 Å². The van der Waals surface area contributed by atoms with Gasteiger partial charge < -0.3 is 15.2 Å². The zero-order valence-corrected chi connectivity index (χ0v) is 19.4. The number of hydrogen-bond donors (Lipinski definition) is 3. The second kappa shape index (κ2) is 10.6. The zero-order chi connectivity index (χ0) is 24.7. The number of carbonyl (C=O) groups is 1. The number of benzene rings is 3. The van der Waals surface area contributed by atoms with Crippen LogP contribution in [0.25, 0.3) is 22.4 Å². The van der Waals surface area contributed by atoms with Crippen LogP contribution in [-0.4, -0.2) is 43.2 Å². The van der Waals surface area contributed by atoms with Gasteiger partial charge in [0.05, 0.1) is 17.8 Å². The van der Waals surface area contributed by atoms with Crippen LogP contribution >= 0.6 is 0 Å². The minimum absolute atomic E-state index is 0.00719. The molecule has 0 atom stereocenters. The Morgan fingerprint density at radius 3 is 2.58 bits per heavy atom. The molecular formula is C27H24N6O3. The molecule has 2 heterocycles. The maximum atomic E-state index is 12.9. The summed E-state index contributed by atoms with van der Waals surface area (Å²) in [7, 11) is 0. The average molecular weight is 481 g/mol. The number of aryl methyl sites for hydroxylation is 1. The number of amides is 1. The summed E-state index contributed by atoms with van der Waals surface area (Å²) >= 11 is 0. The van der Waals surface area contributed by atoms with Gasteiger partial charge >= 0.3 is 0 Å². The normalized spacial score (nSPS) is 10.9. The number of fused-ring (bicyclic) bond motifs is 1. The Kier molecular flexibility index (Phi) is 6.79. The number of aromatic nitrogens is 5. The molecule has 36 heavy (non-hydrogen) atoms. The second-order valence-electron chi connectivity index (χ2n) is 8.25. The SMILES string of the molecule is O=C(Nc1cccc2c(O)cc(-c3nnn[nH]3)nc12)c1ccc(OCCCCc2ccccc2)cc1. The highest BCUT2D eigenvalue weighted by Gasteiger charge is 2.14. The monoisotopic (exact) mass is 480 g/mol. The number of anilines is 1. The van der Waals surface area contributed by atoms with Crippen molar-refractivity contribution in [2.45, 2.75) is 19.3 Å². The molecule has 0 radical (unpaired) electrons. The summed E-state index contributed by atoms with van der Waals surface area (Å²) in [5, 5.41) is 27.4. The number of unbranched alkanes of at least 4 members (excludes halogenated alkanes) is 1. The molecule has 3 N–H and O–H groups in total. The van der Waals surface area contributed by atoms with Crippen LogP contribution in [0.1, 0.15) is 28.8 Å². The molecule has 0 saturated heterocycles. The van der Waals surface area contributed by atoms with Crippen molar-refractivity contribution in [1.82, 2.24) is 25.6 Å². The fourth-order valence-electron chi connectivity index (χ4n) is 3.88. The Morgan fingerprint density at radius 2 is 1.81 bits per heavy atom. The summed E-state index contributed by atoms with van der Waals surface area (Å²) in [4.78, 5) is 17.5. The third-order valence-corrected chi connectivity index (χ3v) is 5.74. The number of nitrogens with zero attached hydrogens (tertiary/aromatic N) is 4. The molecule has 180 valence electrons. The van der Waals surface area contributed by atoms with Crippen molar-refractivity contribution in [2.75, 3.05) is 11.9 Å². The van der Waals surface area contributed by atoms with E-state index in [0.717, 1.165) is 19.3 Å². The summed E-state index contributed by atoms with van der Waals surface area (Å²) in [6.45, 7) is 0.618. The van der Waals surface area contributed by atoms with Crippen molar-refractivity contribution in [3.05, 3.63) is 90.0 Å². The van der Waals surface area contributed by atoms with Gasteiger partial charge in [0.2, 0.25) is 0 Å². The van der Waals surface area contributed by atoms with E-state index in [1.807, 2.05) is 6.07 Å². The highest BCUT2D eigenvalue weighted by Crippen LogP contribution is 2.32. The lowest BCUT2D eigenvalue weighted by Crippen LogP contribution is -2.12. The molecule has 0 fully saturated rings. The first kappa shape index (κ1) is 23.0. The van der Waals surface area contributed by atoms with Gasteiger partial charge in [-0.15, -0.1) is 5.10 Å². The molecule has 0 spiro atoms. The van der Waals surface area contributed by atoms with Crippen LogP contribution in [0.3, 0.4) is 0 Å². The molecule has 0 saturated carbocycles. The molecule has 5 rings (SSSR count). The number of aromatic amines is 1. The molecule has 3 aromatic carbocycles. The smallest absolute Gasteiger partial charge is 0.255 e. The van der Waals surface area contributed by atoms with E-state index in [4.69, 9.17) is 4.74 Å². The number of H-pyrrole nitrogens is 1. The Hall–Kier alpha value is -4.79. The van der Waals surface area contributed by atoms with Crippen molar-refractivity contribution in [3.63, 3.8) is 0 Å². The van der Waals surface area contributed by atoms with E-state index < -0.39 is 0 Å². The van der Waals surface area contributed by atoms with Gasteiger partial charge in [0.25, 0.3) is 5.91 Å². The Labute approximate surface area is 207 Å². The summed E-state index contributed by atoms with van der Waals surface area (Å²) in [6, 6.07) is 24.1. The minimum atomic E-state index is -0.301. The molecule has 0 aliphatic rings. The molecule has 0 aliphatic carbocycles. The van der Waals surface area contributed by atoms with Crippen molar-refractivity contribution in [2.24, 2.45) is 0 Å². The molecule has 0 bridgehead atoms. The van der Waals surface area contributed by atoms with Crippen LogP contribution in [0.2, 0.25) is 0 Å². The number of pyridine rings is 1. The van der Waals surface area contributed by atoms with E-state index in [2.05, 4.69) is 55.2 Å². The second-order valence-corrected chi connectivity index (χ2v) is 8.25. The van der Waals surface area contributed by atoms with E-state index in [9.17, 15) is 9.90 Å². The highest BCUT2D eigenvalue weighted by atomic mass is 16.5. The number of ether oxygens (including phenoxy) is 1. The number of carbonyl (C=O) groups excluding carboxylic acids is 1. The predicted octanol–water partition coefficient (Wildman–Crippen LogP) is 4.77. The molecule has 2 aromatic heterocycles. The van der Waals surface area contributed by atoms with Gasteiger partial charge in [0.1, 0.15) is 17.2 Å². The number of rotatable bonds is 9. The third-order valence-electron chi connectivity index (χ3n) is 5.74. The van der Waals surface area contributed by atoms with Crippen molar-refractivity contribution >= 4 is 22.5 Å². The molecular weight excluding hydrogens is 456 g/mol. The van der Waals surface area contributed by atoms with Crippen LogP contribution in [-0.2, 0) is 6.42 Å². The van der Waals surface area contributed by atoms with E-state index in [0.29, 0.717) is 46.0 Å². The standard InChI is InChI=1S/C27H24N6O3/c34-24-17-23(26-30-32-33-31-26)28-25-21(24)10-6-11-22(25)29-27(35)19-12-14-20(15-13-19)36-16-5-4-9-18-7-2-1-3-8-18/h1-3,6-8,10-15,17H,4-5,9,16H2,(H,28,34)(H,29,35)(H,30,31,32,33). The number of tetrazole rings is 1. The molecule has 0 aliphatic heterocycles. The van der Waals surface area contributed by atoms with Crippen LogP contribution in [0.4, 0.5) is 5.69 Å². The van der Waals surface area contributed by atoms with Crippen molar-refractivity contribution < 1.29 is 14.6 Å². The Morgan fingerprint density at radius 1 is 0.972 bits per heavy atom. The maximum absolute atomic E-state index is 12.9. The summed E-state index contributed by atoms with van der Waals surface area (Å²) < 4.78 is 5.83. The van der Waals surface area contributed by atoms with E-state index in [1.54, 1.807) is 42.5 Å². The summed E-state index contributed by atoms with van der Waals surface area (Å²) in [6.07, 6.45) is 3.03. The highest BCUT2D eigenvalue weighted by molar-refractivity contribution is 6.09. The Bertz CT molecular complexity index is 1450. The van der Waals surface area contributed by atoms with Crippen LogP contribution in [0.5, 0.6) is 11.5 Å². The van der Waals surface area contributed by atoms with Gasteiger partial charge in [-0.3, -0.25) is 4.79 Å². The number of nitrogens with one attached hydrogen (secondary N) is 2. The lowest BCUT2D eigenvalue weighted by atomic mass is 10.1. The lowest BCUT2D eigenvalue weighted by molar-refractivity contribution is 0.102. The van der Waals surface area contributed by atoms with Gasteiger partial charge in [-0.1, -0.05) is 36.4 Å². The average Bonchev–Trinajstić information content (AvgIpc) is 3.45. The number of para-hydroxylation sites is 1. The molecule has 5 aromatic rings. The van der Waals surface area contributed by atoms with E-state index >= 15 is 0 Å². The van der Waals surface area contributed by atoms with Crippen LogP contribution in [0.15, 0.2) is 78.9 Å². The molecule has 9 heteroatoms. The zero-order valence-electron chi connectivity index (χ0n) is 19.4. The summed E-state index contributed by atoms with van der Waals surface area (Å²) in [5.74, 6) is 0.731. The van der Waals surface area contributed by atoms with Gasteiger partial charge in [-0.25, -0.2) is 10.1 Å². The fraction of sp³-hybridized carbons (Fsp3) is 0.148. The lowest BCUT2D eigenvalue weighted by Gasteiger charge is -2.11. The van der Waals surface area contributed by atoms with E-state index in [-0.39, 0.29) is 11.7 Å². The summed E-state index contributed by atoms with van der Waals surface area (Å²) in [5.41, 5.74) is 3.05. The minimum Gasteiger partial charge on any atom is -0.507 e. The van der Waals surface area contributed by atoms with E-state index in [1.165, 1.54) is 11.6 Å². The molecule has 0 unspecified atom stereocenters. The van der Waals surface area contributed by atoms with Crippen molar-refractivity contribution in [1.29, 1.82) is 0 Å². The predicted molar refractivity (Wildman–Crippen MR) is 136 cm³/mol. The van der Waals surface area contributed by atoms with Gasteiger partial charge in [0, 0.05) is 17.0 Å². The van der Waals surface area contributed by atoms with Gasteiger partial charge in [-0.2, -0.15) is 0 Å². The first-order valence-corrected chi connectivity index (χ1v) is 11.6. The number of hydrogen-bond acceptors (Lipinski definition) is 7. The van der Waals surface area contributed by atoms with Crippen molar-refractivity contribution in [3.8, 4) is 23.0 Å². The first-order chi connectivity index (χ1) is 17.7. The fourth-order valence-corrected chi connectivity index (χ4v) is 3.88. The van der Waals surface area contributed by atoms with Crippen LogP contribution in [0, 0.1) is 0 Å². The number of aromatic hydroxyl groups is 1.